The number of nitrogens with zero attached hydrogens (tertiary/aromatic N) is 3. The van der Waals surface area contributed by atoms with Gasteiger partial charge < -0.3 is 20.5 Å². The lowest BCUT2D eigenvalue weighted by atomic mass is 10.1. The van der Waals surface area contributed by atoms with E-state index in [4.69, 9.17) is 22.0 Å². The van der Waals surface area contributed by atoms with Gasteiger partial charge in [-0.2, -0.15) is 0 Å². The number of hydrogen-bond acceptors (Lipinski definition) is 6. The monoisotopic (exact) mass is 479 g/mol. The summed E-state index contributed by atoms with van der Waals surface area (Å²) in [6.07, 6.45) is 4.63. The Morgan fingerprint density at radius 2 is 1.91 bits per heavy atom. The molecule has 3 aromatic rings. The molecule has 1 fully saturated rings. The van der Waals surface area contributed by atoms with Crippen molar-refractivity contribution in [1.82, 2.24) is 9.88 Å². The summed E-state index contributed by atoms with van der Waals surface area (Å²) in [4.78, 5) is 23.0. The molecule has 0 aliphatic carbocycles. The van der Waals surface area contributed by atoms with Gasteiger partial charge >= 0.3 is 0 Å². The number of aromatic nitrogens is 1. The van der Waals surface area contributed by atoms with E-state index >= 15 is 0 Å². The van der Waals surface area contributed by atoms with Crippen molar-refractivity contribution >= 4 is 46.4 Å². The quantitative estimate of drug-likeness (QED) is 0.458. The molecule has 0 unspecified atom stereocenters. The number of thiazole rings is 1. The highest BCUT2D eigenvalue weighted by molar-refractivity contribution is 7.17. The summed E-state index contributed by atoms with van der Waals surface area (Å²) in [7, 11) is 0. The first-order valence-electron chi connectivity index (χ1n) is 11.3. The number of carbonyl (C=O) groups is 1. The minimum absolute atomic E-state index is 0.0281. The van der Waals surface area contributed by atoms with Gasteiger partial charge in [-0.3, -0.25) is 4.79 Å². The van der Waals surface area contributed by atoms with E-state index in [0.29, 0.717) is 22.9 Å². The fourth-order valence-electron chi connectivity index (χ4n) is 4.45. The average molecular weight is 480 g/mol. The van der Waals surface area contributed by atoms with E-state index in [2.05, 4.69) is 10.2 Å². The smallest absolute Gasteiger partial charge is 0.270 e. The molecule has 170 valence electrons. The first-order valence-corrected chi connectivity index (χ1v) is 12.5. The highest BCUT2D eigenvalue weighted by atomic mass is 35.5. The Hall–Kier alpha value is -2.74. The van der Waals surface area contributed by atoms with Gasteiger partial charge in [0.25, 0.3) is 5.91 Å². The van der Waals surface area contributed by atoms with Crippen LogP contribution >= 0.6 is 22.9 Å². The van der Waals surface area contributed by atoms with Crippen molar-refractivity contribution in [2.24, 2.45) is 0 Å². The van der Waals surface area contributed by atoms with Crippen LogP contribution in [0.4, 0.5) is 11.4 Å². The van der Waals surface area contributed by atoms with E-state index in [1.165, 1.54) is 43.5 Å². The first-order chi connectivity index (χ1) is 16.1. The number of benzene rings is 2. The van der Waals surface area contributed by atoms with Gasteiger partial charge in [0.2, 0.25) is 0 Å². The van der Waals surface area contributed by atoms with Crippen molar-refractivity contribution in [3.05, 3.63) is 63.6 Å². The van der Waals surface area contributed by atoms with Gasteiger partial charge in [-0.25, -0.2) is 4.98 Å². The van der Waals surface area contributed by atoms with Crippen LogP contribution in [0.5, 0.6) is 0 Å². The van der Waals surface area contributed by atoms with E-state index in [1.54, 1.807) is 4.90 Å². The van der Waals surface area contributed by atoms with Crippen LogP contribution in [-0.2, 0) is 6.42 Å². The Balaban J connectivity index is 1.32. The number of carbonyl (C=O) groups excluding carboxylic acids is 1. The third kappa shape index (κ3) is 4.67. The molecule has 0 saturated carbocycles. The third-order valence-corrected chi connectivity index (χ3v) is 7.63. The van der Waals surface area contributed by atoms with Crippen molar-refractivity contribution in [3.63, 3.8) is 0 Å². The molecular weight excluding hydrogens is 454 g/mol. The summed E-state index contributed by atoms with van der Waals surface area (Å²) in [5.41, 5.74) is 4.36. The average Bonchev–Trinajstić information content (AvgIpc) is 3.51. The fraction of sp³-hybridized carbons (Fsp3) is 0.320. The molecule has 2 aliphatic heterocycles. The third-order valence-electron chi connectivity index (χ3n) is 6.24. The van der Waals surface area contributed by atoms with E-state index < -0.39 is 0 Å². The Labute approximate surface area is 202 Å². The minimum Gasteiger partial charge on any atom is -0.383 e. The molecule has 5 rings (SSSR count). The Kier molecular flexibility index (Phi) is 6.44. The zero-order chi connectivity index (χ0) is 22.8. The number of rotatable bonds is 7. The maximum absolute atomic E-state index is 13.3. The minimum atomic E-state index is -0.0281. The van der Waals surface area contributed by atoms with Crippen molar-refractivity contribution in [1.29, 1.82) is 5.41 Å². The van der Waals surface area contributed by atoms with Gasteiger partial charge in [0.15, 0.2) is 0 Å². The SMILES string of the molecule is N=Cc1cc(N2CCc3nc(-c4ccc(Cl)cc4)sc3C2=O)ccc1NCCN1CCCC1. The number of fused-ring (bicyclic) bond motifs is 1. The van der Waals surface area contributed by atoms with Crippen molar-refractivity contribution < 1.29 is 4.79 Å². The van der Waals surface area contributed by atoms with E-state index in [9.17, 15) is 4.79 Å². The summed E-state index contributed by atoms with van der Waals surface area (Å²) in [6, 6.07) is 13.4. The Bertz CT molecular complexity index is 1170. The molecule has 0 radical (unpaired) electrons. The molecule has 1 amide bonds. The van der Waals surface area contributed by atoms with Crippen molar-refractivity contribution in [2.45, 2.75) is 19.3 Å². The zero-order valence-corrected chi connectivity index (χ0v) is 19.9. The molecule has 1 saturated heterocycles. The molecule has 3 heterocycles. The van der Waals surface area contributed by atoms with Gasteiger partial charge in [0, 0.05) is 59.8 Å². The van der Waals surface area contributed by atoms with Gasteiger partial charge in [0.1, 0.15) is 9.88 Å². The summed E-state index contributed by atoms with van der Waals surface area (Å²) < 4.78 is 0. The van der Waals surface area contributed by atoms with E-state index in [0.717, 1.165) is 46.3 Å². The standard InChI is InChI=1S/C25H26ClN5OS/c26-19-5-3-17(4-6-19)24-29-22-9-13-31(25(32)23(22)33-24)20-7-8-21(18(15-20)16-27)28-10-14-30-11-1-2-12-30/h3-8,15-16,27-28H,1-2,9-14H2. The molecule has 2 N–H and O–H groups in total. The van der Waals surface area contributed by atoms with Gasteiger partial charge in [-0.1, -0.05) is 23.7 Å². The van der Waals surface area contributed by atoms with Gasteiger partial charge in [0.05, 0.1) is 5.69 Å². The largest absolute Gasteiger partial charge is 0.383 e. The van der Waals surface area contributed by atoms with Crippen LogP contribution < -0.4 is 10.2 Å². The first kappa shape index (κ1) is 22.1. The number of amides is 1. The lowest BCUT2D eigenvalue weighted by Crippen LogP contribution is -2.37. The predicted molar refractivity (Wildman–Crippen MR) is 136 cm³/mol. The van der Waals surface area contributed by atoms with Crippen molar-refractivity contribution in [2.75, 3.05) is 42.9 Å². The van der Waals surface area contributed by atoms with Crippen LogP contribution in [0.1, 0.15) is 33.8 Å². The molecular formula is C25H26ClN5OS. The predicted octanol–water partition coefficient (Wildman–Crippen LogP) is 5.17. The lowest BCUT2D eigenvalue weighted by molar-refractivity contribution is 0.0984. The van der Waals surface area contributed by atoms with Gasteiger partial charge in [-0.15, -0.1) is 11.3 Å². The van der Waals surface area contributed by atoms with Crippen LogP contribution in [0, 0.1) is 5.41 Å². The molecule has 0 bridgehead atoms. The summed E-state index contributed by atoms with van der Waals surface area (Å²) >= 11 is 7.43. The number of anilines is 2. The van der Waals surface area contributed by atoms with Crippen LogP contribution in [-0.4, -0.2) is 54.7 Å². The van der Waals surface area contributed by atoms with Gasteiger partial charge in [-0.05, 0) is 56.3 Å². The second-order valence-corrected chi connectivity index (χ2v) is 9.84. The molecule has 2 aliphatic rings. The fourth-order valence-corrected chi connectivity index (χ4v) is 5.64. The Morgan fingerprint density at radius 3 is 2.67 bits per heavy atom. The molecule has 6 nitrogen and oxygen atoms in total. The highest BCUT2D eigenvalue weighted by Gasteiger charge is 2.30. The molecule has 0 spiro atoms. The number of halogens is 1. The van der Waals surface area contributed by atoms with E-state index in [-0.39, 0.29) is 5.91 Å². The van der Waals surface area contributed by atoms with E-state index in [1.807, 2.05) is 42.5 Å². The topological polar surface area (TPSA) is 72.3 Å². The zero-order valence-electron chi connectivity index (χ0n) is 18.3. The lowest BCUT2D eigenvalue weighted by Gasteiger charge is -2.27. The molecule has 33 heavy (non-hydrogen) atoms. The van der Waals surface area contributed by atoms with Crippen LogP contribution in [0.3, 0.4) is 0 Å². The number of hydrogen-bond donors (Lipinski definition) is 2. The van der Waals surface area contributed by atoms with Crippen LogP contribution in [0.25, 0.3) is 10.6 Å². The van der Waals surface area contributed by atoms with Crippen molar-refractivity contribution in [3.8, 4) is 10.6 Å². The number of nitrogens with one attached hydrogen (secondary N) is 2. The maximum atomic E-state index is 13.3. The van der Waals surface area contributed by atoms with Crippen LogP contribution in [0.2, 0.25) is 5.02 Å². The second-order valence-electron chi connectivity index (χ2n) is 8.40. The summed E-state index contributed by atoms with van der Waals surface area (Å²) in [5, 5.41) is 12.9. The normalized spacial score (nSPS) is 16.2. The maximum Gasteiger partial charge on any atom is 0.270 e. The second kappa shape index (κ2) is 9.63. The number of likely N-dealkylation sites (tertiary alicyclic amines) is 1. The summed E-state index contributed by atoms with van der Waals surface area (Å²) in [5.74, 6) is -0.0281. The Morgan fingerprint density at radius 1 is 1.12 bits per heavy atom. The highest BCUT2D eigenvalue weighted by Crippen LogP contribution is 2.34. The molecule has 1 aromatic heterocycles. The molecule has 8 heteroatoms. The molecule has 0 atom stereocenters. The van der Waals surface area contributed by atoms with Crippen LogP contribution in [0.15, 0.2) is 42.5 Å². The summed E-state index contributed by atoms with van der Waals surface area (Å²) in [6.45, 7) is 4.78. The molecule has 2 aromatic carbocycles.